The maximum absolute atomic E-state index is 9.09. The predicted octanol–water partition coefficient (Wildman–Crippen LogP) is 1.85. The van der Waals surface area contributed by atoms with Crippen LogP contribution >= 0.6 is 22.6 Å². The van der Waals surface area contributed by atoms with Crippen LogP contribution in [-0.2, 0) is 0 Å². The van der Waals surface area contributed by atoms with Gasteiger partial charge in [-0.05, 0) is 40.3 Å². The average molecular weight is 259 g/mol. The monoisotopic (exact) mass is 259 g/mol. The molecule has 0 saturated heterocycles. The maximum Gasteiger partial charge on any atom is 0.165 e. The Balaban J connectivity index is 2.98. The SMILES string of the molecule is N#CC(O)c1cccc(I)c1. The van der Waals surface area contributed by atoms with E-state index in [0.29, 0.717) is 5.56 Å². The van der Waals surface area contributed by atoms with Crippen molar-refractivity contribution < 1.29 is 5.11 Å². The number of aliphatic hydroxyl groups is 1. The van der Waals surface area contributed by atoms with E-state index in [1.807, 2.05) is 12.1 Å². The molecule has 11 heavy (non-hydrogen) atoms. The molecule has 0 bridgehead atoms. The summed E-state index contributed by atoms with van der Waals surface area (Å²) in [5, 5.41) is 17.5. The molecule has 0 aliphatic rings. The van der Waals surface area contributed by atoms with E-state index in [0.717, 1.165) is 3.57 Å². The Morgan fingerprint density at radius 2 is 2.27 bits per heavy atom. The van der Waals surface area contributed by atoms with Crippen molar-refractivity contribution in [3.05, 3.63) is 33.4 Å². The van der Waals surface area contributed by atoms with Crippen molar-refractivity contribution in [1.82, 2.24) is 0 Å². The highest BCUT2D eigenvalue weighted by Gasteiger charge is 2.03. The molecule has 1 rings (SSSR count). The molecule has 0 radical (unpaired) electrons. The summed E-state index contributed by atoms with van der Waals surface area (Å²) >= 11 is 2.13. The molecule has 3 heteroatoms. The first-order valence-corrected chi connectivity index (χ1v) is 4.15. The lowest BCUT2D eigenvalue weighted by Crippen LogP contribution is -1.92. The van der Waals surface area contributed by atoms with Gasteiger partial charge in [-0.25, -0.2) is 0 Å². The molecular formula is C8H6INO. The van der Waals surface area contributed by atoms with Crippen molar-refractivity contribution in [2.75, 3.05) is 0 Å². The van der Waals surface area contributed by atoms with Gasteiger partial charge >= 0.3 is 0 Å². The maximum atomic E-state index is 9.09. The summed E-state index contributed by atoms with van der Waals surface area (Å²) in [6.07, 6.45) is -0.996. The summed E-state index contributed by atoms with van der Waals surface area (Å²) in [6, 6.07) is 9.01. The zero-order valence-electron chi connectivity index (χ0n) is 5.66. The van der Waals surface area contributed by atoms with Crippen LogP contribution in [0, 0.1) is 14.9 Å². The van der Waals surface area contributed by atoms with Crippen LogP contribution in [0.15, 0.2) is 24.3 Å². The minimum Gasteiger partial charge on any atom is -0.374 e. The number of aliphatic hydroxyl groups excluding tert-OH is 1. The molecule has 0 aromatic heterocycles. The first-order valence-electron chi connectivity index (χ1n) is 3.07. The fourth-order valence-corrected chi connectivity index (χ4v) is 1.32. The van der Waals surface area contributed by atoms with Gasteiger partial charge in [0, 0.05) is 3.57 Å². The number of halogens is 1. The third-order valence-corrected chi connectivity index (χ3v) is 1.96. The van der Waals surface area contributed by atoms with E-state index in [9.17, 15) is 0 Å². The second-order valence-corrected chi connectivity index (χ2v) is 3.33. The Labute approximate surface area is 78.6 Å². The molecule has 0 heterocycles. The van der Waals surface area contributed by atoms with Crippen molar-refractivity contribution in [3.63, 3.8) is 0 Å². The van der Waals surface area contributed by atoms with Gasteiger partial charge in [-0.1, -0.05) is 12.1 Å². The Morgan fingerprint density at radius 1 is 1.55 bits per heavy atom. The summed E-state index contributed by atoms with van der Waals surface area (Å²) in [7, 11) is 0. The Kier molecular flexibility index (Phi) is 2.85. The summed E-state index contributed by atoms with van der Waals surface area (Å²) in [5.41, 5.74) is 0.652. The number of nitrogens with zero attached hydrogens (tertiary/aromatic N) is 1. The van der Waals surface area contributed by atoms with Gasteiger partial charge < -0.3 is 5.11 Å². The van der Waals surface area contributed by atoms with E-state index in [1.165, 1.54) is 0 Å². The van der Waals surface area contributed by atoms with Crippen LogP contribution < -0.4 is 0 Å². The highest BCUT2D eigenvalue weighted by molar-refractivity contribution is 14.1. The lowest BCUT2D eigenvalue weighted by Gasteiger charge is -2.00. The molecule has 1 aromatic carbocycles. The summed E-state index contributed by atoms with van der Waals surface area (Å²) in [4.78, 5) is 0. The van der Waals surface area contributed by atoms with Gasteiger partial charge in [-0.15, -0.1) is 0 Å². The fraction of sp³-hybridized carbons (Fsp3) is 0.125. The zero-order valence-corrected chi connectivity index (χ0v) is 7.82. The highest BCUT2D eigenvalue weighted by atomic mass is 127. The number of benzene rings is 1. The van der Waals surface area contributed by atoms with Gasteiger partial charge in [0.25, 0.3) is 0 Å². The number of hydrogen-bond acceptors (Lipinski definition) is 2. The minimum atomic E-state index is -0.996. The second-order valence-electron chi connectivity index (χ2n) is 2.09. The molecule has 0 fully saturated rings. The van der Waals surface area contributed by atoms with Crippen molar-refractivity contribution in [1.29, 1.82) is 5.26 Å². The van der Waals surface area contributed by atoms with E-state index in [4.69, 9.17) is 10.4 Å². The molecule has 0 saturated carbocycles. The van der Waals surface area contributed by atoms with Gasteiger partial charge in [0.05, 0.1) is 6.07 Å². The smallest absolute Gasteiger partial charge is 0.165 e. The largest absolute Gasteiger partial charge is 0.374 e. The molecular weight excluding hydrogens is 253 g/mol. The molecule has 0 spiro atoms. The molecule has 0 aliphatic carbocycles. The van der Waals surface area contributed by atoms with Crippen molar-refractivity contribution in [2.45, 2.75) is 6.10 Å². The van der Waals surface area contributed by atoms with E-state index in [1.54, 1.807) is 18.2 Å². The number of rotatable bonds is 1. The fourth-order valence-electron chi connectivity index (χ4n) is 0.751. The first kappa shape index (κ1) is 8.50. The molecule has 1 atom stereocenters. The summed E-state index contributed by atoms with van der Waals surface area (Å²) < 4.78 is 1.02. The predicted molar refractivity (Wildman–Crippen MR) is 49.7 cm³/mol. The minimum absolute atomic E-state index is 0.652. The highest BCUT2D eigenvalue weighted by Crippen LogP contribution is 2.14. The molecule has 0 aliphatic heterocycles. The third kappa shape index (κ3) is 2.17. The van der Waals surface area contributed by atoms with Gasteiger partial charge in [0.1, 0.15) is 0 Å². The quantitative estimate of drug-likeness (QED) is 0.617. The van der Waals surface area contributed by atoms with Gasteiger partial charge in [-0.2, -0.15) is 5.26 Å². The normalized spacial score (nSPS) is 12.1. The lowest BCUT2D eigenvalue weighted by atomic mass is 10.1. The van der Waals surface area contributed by atoms with Crippen LogP contribution in [0.3, 0.4) is 0 Å². The standard InChI is InChI=1S/C8H6INO/c9-7-3-1-2-6(4-7)8(11)5-10/h1-4,8,11H. The topological polar surface area (TPSA) is 44.0 Å². The van der Waals surface area contributed by atoms with Crippen molar-refractivity contribution in [2.24, 2.45) is 0 Å². The van der Waals surface area contributed by atoms with Gasteiger partial charge in [0.2, 0.25) is 0 Å². The van der Waals surface area contributed by atoms with Crippen LogP contribution in [0.25, 0.3) is 0 Å². The summed E-state index contributed by atoms with van der Waals surface area (Å²) in [6.45, 7) is 0. The first-order chi connectivity index (χ1) is 5.24. The molecule has 0 amide bonds. The number of nitriles is 1. The molecule has 2 nitrogen and oxygen atoms in total. The van der Waals surface area contributed by atoms with Crippen molar-refractivity contribution >= 4 is 22.6 Å². The Morgan fingerprint density at radius 3 is 2.82 bits per heavy atom. The van der Waals surface area contributed by atoms with Crippen LogP contribution in [0.2, 0.25) is 0 Å². The molecule has 1 N–H and O–H groups in total. The van der Waals surface area contributed by atoms with E-state index >= 15 is 0 Å². The van der Waals surface area contributed by atoms with Crippen LogP contribution in [-0.4, -0.2) is 5.11 Å². The van der Waals surface area contributed by atoms with Crippen LogP contribution in [0.4, 0.5) is 0 Å². The van der Waals surface area contributed by atoms with Crippen LogP contribution in [0.5, 0.6) is 0 Å². The molecule has 56 valence electrons. The lowest BCUT2D eigenvalue weighted by molar-refractivity contribution is 0.236. The van der Waals surface area contributed by atoms with E-state index < -0.39 is 6.10 Å². The summed E-state index contributed by atoms with van der Waals surface area (Å²) in [5.74, 6) is 0. The number of hydrogen-bond donors (Lipinski definition) is 1. The third-order valence-electron chi connectivity index (χ3n) is 1.29. The van der Waals surface area contributed by atoms with Crippen molar-refractivity contribution in [3.8, 4) is 6.07 Å². The van der Waals surface area contributed by atoms with E-state index in [-0.39, 0.29) is 0 Å². The average Bonchev–Trinajstić information content (AvgIpc) is 2.03. The van der Waals surface area contributed by atoms with Crippen LogP contribution in [0.1, 0.15) is 11.7 Å². The van der Waals surface area contributed by atoms with E-state index in [2.05, 4.69) is 22.6 Å². The second kappa shape index (κ2) is 3.69. The zero-order chi connectivity index (χ0) is 8.27. The molecule has 1 unspecified atom stereocenters. The Hall–Kier alpha value is -0.600. The van der Waals surface area contributed by atoms with Gasteiger partial charge in [-0.3, -0.25) is 0 Å². The molecule has 1 aromatic rings. The van der Waals surface area contributed by atoms with Gasteiger partial charge in [0.15, 0.2) is 6.10 Å². The Bertz CT molecular complexity index is 292.